The fourth-order valence-corrected chi connectivity index (χ4v) is 4.04. The molecule has 2 amide bonds. The Morgan fingerprint density at radius 2 is 1.95 bits per heavy atom. The maximum atomic E-state index is 12.2. The van der Waals surface area contributed by atoms with E-state index >= 15 is 0 Å². The Kier molecular flexibility index (Phi) is 5.36. The minimum absolute atomic E-state index is 0.104. The van der Waals surface area contributed by atoms with E-state index in [0.29, 0.717) is 11.8 Å². The van der Waals surface area contributed by atoms with Gasteiger partial charge in [0.05, 0.1) is 0 Å². The molecule has 1 unspecified atom stereocenters. The van der Waals surface area contributed by atoms with Crippen LogP contribution in [0.3, 0.4) is 0 Å². The van der Waals surface area contributed by atoms with Crippen molar-refractivity contribution in [1.29, 1.82) is 0 Å². The van der Waals surface area contributed by atoms with Crippen molar-refractivity contribution >= 4 is 23.8 Å². The third-order valence-electron chi connectivity index (χ3n) is 3.84. The van der Waals surface area contributed by atoms with Crippen molar-refractivity contribution in [3.63, 3.8) is 0 Å². The first-order valence-corrected chi connectivity index (χ1v) is 8.09. The molecule has 0 spiro atoms. The van der Waals surface area contributed by atoms with Crippen LogP contribution in [0.15, 0.2) is 0 Å². The lowest BCUT2D eigenvalue weighted by atomic mass is 10.2. The van der Waals surface area contributed by atoms with Gasteiger partial charge in [0.25, 0.3) is 0 Å². The van der Waals surface area contributed by atoms with Gasteiger partial charge in [-0.15, -0.1) is 0 Å². The first-order valence-electron chi connectivity index (χ1n) is 7.04. The van der Waals surface area contributed by atoms with E-state index in [9.17, 15) is 9.59 Å². The van der Waals surface area contributed by atoms with Gasteiger partial charge in [-0.05, 0) is 31.4 Å². The van der Waals surface area contributed by atoms with E-state index in [1.54, 1.807) is 0 Å². The summed E-state index contributed by atoms with van der Waals surface area (Å²) in [6.45, 7) is 0.473. The minimum atomic E-state index is -0.933. The Morgan fingerprint density at radius 1 is 1.21 bits per heavy atom. The standard InChI is InChI=1S/C13H22N2O3S/c16-12(17)9-15(10-4-1-2-5-10)13(18)14-8-11-6-3-7-19-11/h10-11H,1-9H2,(H,14,18)(H,16,17). The molecule has 1 saturated carbocycles. The number of aliphatic carboxylic acids is 1. The Bertz CT molecular complexity index is 326. The predicted octanol–water partition coefficient (Wildman–Crippen LogP) is 1.92. The molecule has 2 aliphatic rings. The number of amides is 2. The van der Waals surface area contributed by atoms with Crippen LogP contribution in [0, 0.1) is 0 Å². The molecule has 1 heterocycles. The maximum absolute atomic E-state index is 12.2. The smallest absolute Gasteiger partial charge is 0.323 e. The monoisotopic (exact) mass is 286 g/mol. The molecule has 1 aliphatic heterocycles. The predicted molar refractivity (Wildman–Crippen MR) is 75.5 cm³/mol. The van der Waals surface area contributed by atoms with Gasteiger partial charge in [0.2, 0.25) is 0 Å². The number of thioether (sulfide) groups is 1. The summed E-state index contributed by atoms with van der Waals surface area (Å²) in [5, 5.41) is 12.4. The second-order valence-electron chi connectivity index (χ2n) is 5.28. The van der Waals surface area contributed by atoms with Gasteiger partial charge in [-0.2, -0.15) is 11.8 Å². The fourth-order valence-electron chi connectivity index (χ4n) is 2.84. The highest BCUT2D eigenvalue weighted by Gasteiger charge is 2.28. The van der Waals surface area contributed by atoms with Gasteiger partial charge >= 0.3 is 12.0 Å². The zero-order valence-corrected chi connectivity index (χ0v) is 12.0. The Morgan fingerprint density at radius 3 is 2.53 bits per heavy atom. The van der Waals surface area contributed by atoms with E-state index < -0.39 is 5.97 Å². The van der Waals surface area contributed by atoms with Crippen LogP contribution in [0.2, 0.25) is 0 Å². The van der Waals surface area contributed by atoms with Crippen molar-refractivity contribution in [2.75, 3.05) is 18.8 Å². The third-order valence-corrected chi connectivity index (χ3v) is 5.24. The van der Waals surface area contributed by atoms with Gasteiger partial charge in [-0.1, -0.05) is 12.8 Å². The number of rotatable bonds is 5. The molecule has 19 heavy (non-hydrogen) atoms. The molecule has 6 heteroatoms. The summed E-state index contributed by atoms with van der Waals surface area (Å²) in [4.78, 5) is 24.6. The molecular formula is C13H22N2O3S. The van der Waals surface area contributed by atoms with Crippen molar-refractivity contribution in [1.82, 2.24) is 10.2 Å². The molecule has 2 fully saturated rings. The average molecular weight is 286 g/mol. The topological polar surface area (TPSA) is 69.6 Å². The van der Waals surface area contributed by atoms with E-state index in [0.717, 1.165) is 32.1 Å². The molecule has 108 valence electrons. The number of carboxylic acids is 1. The highest BCUT2D eigenvalue weighted by Crippen LogP contribution is 2.26. The second kappa shape index (κ2) is 7.03. The molecule has 0 aromatic heterocycles. The molecule has 0 aromatic rings. The number of carbonyl (C=O) groups is 2. The van der Waals surface area contributed by atoms with Crippen LogP contribution >= 0.6 is 11.8 Å². The SMILES string of the molecule is O=C(O)CN(C(=O)NCC1CCCS1)C1CCCC1. The van der Waals surface area contributed by atoms with Crippen LogP contribution in [-0.4, -0.2) is 52.1 Å². The minimum Gasteiger partial charge on any atom is -0.480 e. The van der Waals surface area contributed by atoms with Crippen LogP contribution in [0.4, 0.5) is 4.79 Å². The summed E-state index contributed by atoms with van der Waals surface area (Å²) < 4.78 is 0. The van der Waals surface area contributed by atoms with Crippen LogP contribution in [-0.2, 0) is 4.79 Å². The molecule has 0 aromatic carbocycles. The number of nitrogens with one attached hydrogen (secondary N) is 1. The van der Waals surface area contributed by atoms with Crippen molar-refractivity contribution in [3.8, 4) is 0 Å². The number of carbonyl (C=O) groups excluding carboxylic acids is 1. The molecule has 1 atom stereocenters. The van der Waals surface area contributed by atoms with Crippen molar-refractivity contribution in [2.24, 2.45) is 0 Å². The van der Waals surface area contributed by atoms with Gasteiger partial charge < -0.3 is 15.3 Å². The fraction of sp³-hybridized carbons (Fsp3) is 0.846. The zero-order chi connectivity index (χ0) is 13.7. The van der Waals surface area contributed by atoms with Gasteiger partial charge in [-0.25, -0.2) is 4.79 Å². The molecule has 0 bridgehead atoms. The highest BCUT2D eigenvalue weighted by atomic mass is 32.2. The van der Waals surface area contributed by atoms with Crippen LogP contribution in [0.5, 0.6) is 0 Å². The van der Waals surface area contributed by atoms with E-state index in [2.05, 4.69) is 5.32 Å². The summed E-state index contributed by atoms with van der Waals surface area (Å²) in [6, 6.07) is -0.103. The van der Waals surface area contributed by atoms with Crippen LogP contribution < -0.4 is 5.32 Å². The van der Waals surface area contributed by atoms with Crippen LogP contribution in [0.1, 0.15) is 38.5 Å². The van der Waals surface area contributed by atoms with Crippen molar-refractivity contribution < 1.29 is 14.7 Å². The first-order chi connectivity index (χ1) is 9.16. The summed E-state index contributed by atoms with van der Waals surface area (Å²) in [5.41, 5.74) is 0. The number of nitrogens with zero attached hydrogens (tertiary/aromatic N) is 1. The third kappa shape index (κ3) is 4.30. The van der Waals surface area contributed by atoms with E-state index in [1.165, 1.54) is 17.1 Å². The largest absolute Gasteiger partial charge is 0.480 e. The van der Waals surface area contributed by atoms with Crippen molar-refractivity contribution in [3.05, 3.63) is 0 Å². The van der Waals surface area contributed by atoms with Crippen LogP contribution in [0.25, 0.3) is 0 Å². The lowest BCUT2D eigenvalue weighted by Crippen LogP contribution is -2.48. The number of hydrogen-bond acceptors (Lipinski definition) is 3. The quantitative estimate of drug-likeness (QED) is 0.810. The molecule has 1 aliphatic carbocycles. The van der Waals surface area contributed by atoms with Gasteiger partial charge in [0.1, 0.15) is 6.54 Å². The molecule has 0 radical (unpaired) electrons. The summed E-state index contributed by atoms with van der Waals surface area (Å²) in [7, 11) is 0. The van der Waals surface area contributed by atoms with Crippen molar-refractivity contribution in [2.45, 2.75) is 49.8 Å². The molecule has 5 nitrogen and oxygen atoms in total. The van der Waals surface area contributed by atoms with E-state index in [4.69, 9.17) is 5.11 Å². The Balaban J connectivity index is 1.84. The Labute approximate surface area is 118 Å². The highest BCUT2D eigenvalue weighted by molar-refractivity contribution is 8.00. The molecule has 2 rings (SSSR count). The first kappa shape index (κ1) is 14.5. The molecule has 2 N–H and O–H groups in total. The molecular weight excluding hydrogens is 264 g/mol. The summed E-state index contributed by atoms with van der Waals surface area (Å²) in [5.74, 6) is 0.236. The molecule has 1 saturated heterocycles. The number of hydrogen-bond donors (Lipinski definition) is 2. The summed E-state index contributed by atoms with van der Waals surface area (Å²) in [6.07, 6.45) is 6.40. The number of carboxylic acid groups (broad SMARTS) is 1. The second-order valence-corrected chi connectivity index (χ2v) is 6.69. The van der Waals surface area contributed by atoms with Gasteiger partial charge in [-0.3, -0.25) is 4.79 Å². The Hall–Kier alpha value is -0.910. The maximum Gasteiger partial charge on any atom is 0.323 e. The van der Waals surface area contributed by atoms with E-state index in [-0.39, 0.29) is 18.6 Å². The lowest BCUT2D eigenvalue weighted by Gasteiger charge is -2.28. The lowest BCUT2D eigenvalue weighted by molar-refractivity contribution is -0.138. The number of urea groups is 1. The van der Waals surface area contributed by atoms with Gasteiger partial charge in [0.15, 0.2) is 0 Å². The normalized spacial score (nSPS) is 23.5. The van der Waals surface area contributed by atoms with Gasteiger partial charge in [0, 0.05) is 17.8 Å². The summed E-state index contributed by atoms with van der Waals surface area (Å²) >= 11 is 1.89. The zero-order valence-electron chi connectivity index (χ0n) is 11.1. The average Bonchev–Trinajstić information content (AvgIpc) is 3.05. The van der Waals surface area contributed by atoms with E-state index in [1.807, 2.05) is 11.8 Å².